The maximum absolute atomic E-state index is 13.0. The lowest BCUT2D eigenvalue weighted by Gasteiger charge is -2.23. The van der Waals surface area contributed by atoms with E-state index < -0.39 is 0 Å². The minimum atomic E-state index is -0.00670. The normalized spacial score (nSPS) is 15.6. The number of thiophene rings is 1. The van der Waals surface area contributed by atoms with Gasteiger partial charge in [-0.15, -0.1) is 11.3 Å². The van der Waals surface area contributed by atoms with E-state index >= 15 is 0 Å². The van der Waals surface area contributed by atoms with Crippen LogP contribution in [0.5, 0.6) is 0 Å². The molecule has 130 valence electrons. The molecule has 0 aliphatic heterocycles. The third-order valence-electron chi connectivity index (χ3n) is 4.87. The van der Waals surface area contributed by atoms with Gasteiger partial charge in [0.1, 0.15) is 0 Å². The molecule has 6 heteroatoms. The first-order valence-electron chi connectivity index (χ1n) is 8.97. The van der Waals surface area contributed by atoms with Gasteiger partial charge < -0.3 is 5.32 Å². The van der Waals surface area contributed by atoms with Crippen molar-refractivity contribution >= 4 is 28.3 Å². The van der Waals surface area contributed by atoms with Gasteiger partial charge in [-0.25, -0.2) is 9.67 Å². The van der Waals surface area contributed by atoms with Crippen LogP contribution < -0.4 is 5.32 Å². The SMILES string of the molecule is CCn1ncc2c(C(=O)NC3CCCCC3)cc(-c3cccs3)nc21. The van der Waals surface area contributed by atoms with Crippen LogP contribution in [-0.4, -0.2) is 26.7 Å². The van der Waals surface area contributed by atoms with Gasteiger partial charge in [0.25, 0.3) is 5.91 Å². The summed E-state index contributed by atoms with van der Waals surface area (Å²) >= 11 is 1.63. The summed E-state index contributed by atoms with van der Waals surface area (Å²) in [6, 6.07) is 6.24. The molecule has 3 heterocycles. The van der Waals surface area contributed by atoms with E-state index in [1.807, 2.05) is 35.2 Å². The number of amides is 1. The lowest BCUT2D eigenvalue weighted by atomic mass is 9.95. The molecule has 3 aromatic heterocycles. The van der Waals surface area contributed by atoms with Crippen molar-refractivity contribution in [1.29, 1.82) is 0 Å². The Labute approximate surface area is 151 Å². The number of hydrogen-bond acceptors (Lipinski definition) is 4. The van der Waals surface area contributed by atoms with E-state index in [9.17, 15) is 4.79 Å². The second-order valence-corrected chi connectivity index (χ2v) is 7.49. The van der Waals surface area contributed by atoms with Gasteiger partial charge in [0.2, 0.25) is 0 Å². The van der Waals surface area contributed by atoms with Crippen LogP contribution in [0.3, 0.4) is 0 Å². The first kappa shape index (κ1) is 16.3. The fourth-order valence-corrected chi connectivity index (χ4v) is 4.21. The van der Waals surface area contributed by atoms with Crippen molar-refractivity contribution in [2.24, 2.45) is 0 Å². The predicted octanol–water partition coefficient (Wildman–Crippen LogP) is 4.24. The largest absolute Gasteiger partial charge is 0.349 e. The van der Waals surface area contributed by atoms with E-state index in [2.05, 4.69) is 10.4 Å². The Morgan fingerprint density at radius 1 is 1.36 bits per heavy atom. The molecule has 1 N–H and O–H groups in total. The first-order chi connectivity index (χ1) is 12.3. The molecule has 0 saturated heterocycles. The van der Waals surface area contributed by atoms with Crippen molar-refractivity contribution in [3.63, 3.8) is 0 Å². The average Bonchev–Trinajstić information content (AvgIpc) is 3.31. The Balaban J connectivity index is 1.75. The number of carbonyl (C=O) groups is 1. The Morgan fingerprint density at radius 3 is 2.92 bits per heavy atom. The van der Waals surface area contributed by atoms with Gasteiger partial charge in [-0.1, -0.05) is 25.3 Å². The van der Waals surface area contributed by atoms with Crippen LogP contribution in [0.1, 0.15) is 49.4 Å². The highest BCUT2D eigenvalue weighted by molar-refractivity contribution is 7.13. The van der Waals surface area contributed by atoms with Crippen molar-refractivity contribution in [3.8, 4) is 10.6 Å². The van der Waals surface area contributed by atoms with E-state index in [1.54, 1.807) is 17.5 Å². The predicted molar refractivity (Wildman–Crippen MR) is 101 cm³/mol. The highest BCUT2D eigenvalue weighted by atomic mass is 32.1. The van der Waals surface area contributed by atoms with Crippen LogP contribution in [0, 0.1) is 0 Å². The molecule has 3 aromatic rings. The Kier molecular flexibility index (Phi) is 4.53. The van der Waals surface area contributed by atoms with Crippen molar-refractivity contribution in [2.75, 3.05) is 0 Å². The van der Waals surface area contributed by atoms with E-state index in [4.69, 9.17) is 4.98 Å². The Bertz CT molecular complexity index is 878. The maximum atomic E-state index is 13.0. The van der Waals surface area contributed by atoms with Gasteiger partial charge in [-0.2, -0.15) is 5.10 Å². The van der Waals surface area contributed by atoms with E-state index in [0.717, 1.165) is 41.0 Å². The van der Waals surface area contributed by atoms with Crippen molar-refractivity contribution in [3.05, 3.63) is 35.3 Å². The third kappa shape index (κ3) is 3.18. The van der Waals surface area contributed by atoms with Gasteiger partial charge in [0.05, 0.1) is 27.7 Å². The van der Waals surface area contributed by atoms with Crippen molar-refractivity contribution < 1.29 is 4.79 Å². The summed E-state index contributed by atoms with van der Waals surface area (Å²) in [7, 11) is 0. The molecule has 1 aliphatic rings. The minimum Gasteiger partial charge on any atom is -0.349 e. The molecule has 0 atom stereocenters. The fourth-order valence-electron chi connectivity index (χ4n) is 3.53. The van der Waals surface area contributed by atoms with Gasteiger partial charge >= 0.3 is 0 Å². The molecule has 25 heavy (non-hydrogen) atoms. The molecular weight excluding hydrogens is 332 g/mol. The van der Waals surface area contributed by atoms with Crippen molar-refractivity contribution in [1.82, 2.24) is 20.1 Å². The molecule has 1 amide bonds. The zero-order valence-electron chi connectivity index (χ0n) is 14.4. The molecule has 1 aliphatic carbocycles. The Hall–Kier alpha value is -2.21. The number of carbonyl (C=O) groups excluding carboxylic acids is 1. The number of fused-ring (bicyclic) bond motifs is 1. The average molecular weight is 354 g/mol. The molecule has 5 nitrogen and oxygen atoms in total. The van der Waals surface area contributed by atoms with Crippen LogP contribution in [0.4, 0.5) is 0 Å². The molecule has 0 bridgehead atoms. The summed E-state index contributed by atoms with van der Waals surface area (Å²) in [5.41, 5.74) is 2.30. The van der Waals surface area contributed by atoms with E-state index in [-0.39, 0.29) is 11.9 Å². The summed E-state index contributed by atoms with van der Waals surface area (Å²) in [6.07, 6.45) is 7.59. The topological polar surface area (TPSA) is 59.8 Å². The maximum Gasteiger partial charge on any atom is 0.252 e. The van der Waals surface area contributed by atoms with Crippen LogP contribution in [0.15, 0.2) is 29.8 Å². The molecule has 0 aromatic carbocycles. The minimum absolute atomic E-state index is 0.00670. The van der Waals surface area contributed by atoms with Gasteiger partial charge in [-0.05, 0) is 37.3 Å². The summed E-state index contributed by atoms with van der Waals surface area (Å²) in [6.45, 7) is 2.77. The number of pyridine rings is 1. The van der Waals surface area contributed by atoms with E-state index in [0.29, 0.717) is 5.56 Å². The monoisotopic (exact) mass is 354 g/mol. The number of hydrogen-bond donors (Lipinski definition) is 1. The number of rotatable bonds is 4. The van der Waals surface area contributed by atoms with Gasteiger partial charge in [-0.3, -0.25) is 4.79 Å². The van der Waals surface area contributed by atoms with Gasteiger partial charge in [0.15, 0.2) is 5.65 Å². The fraction of sp³-hybridized carbons (Fsp3) is 0.421. The molecule has 0 radical (unpaired) electrons. The zero-order chi connectivity index (χ0) is 17.2. The van der Waals surface area contributed by atoms with Crippen LogP contribution in [-0.2, 0) is 6.54 Å². The highest BCUT2D eigenvalue weighted by Gasteiger charge is 2.21. The quantitative estimate of drug-likeness (QED) is 0.762. The van der Waals surface area contributed by atoms with Crippen LogP contribution in [0.25, 0.3) is 21.6 Å². The van der Waals surface area contributed by atoms with Crippen molar-refractivity contribution in [2.45, 2.75) is 51.6 Å². The molecular formula is C19H22N4OS. The second-order valence-electron chi connectivity index (χ2n) is 6.54. The van der Waals surface area contributed by atoms with Crippen LogP contribution >= 0.6 is 11.3 Å². The number of nitrogens with one attached hydrogen (secondary N) is 1. The van der Waals surface area contributed by atoms with Gasteiger partial charge in [0, 0.05) is 12.6 Å². The molecule has 0 spiro atoms. The standard InChI is InChI=1S/C19H22N4OS/c1-2-23-18-15(12-20-23)14(11-16(22-18)17-9-6-10-25-17)19(24)21-13-7-4-3-5-8-13/h6,9-13H,2-5,7-8H2,1H3,(H,21,24). The smallest absolute Gasteiger partial charge is 0.252 e. The lowest BCUT2D eigenvalue weighted by Crippen LogP contribution is -2.36. The summed E-state index contributed by atoms with van der Waals surface area (Å²) in [5.74, 6) is -0.00670. The first-order valence-corrected chi connectivity index (χ1v) is 9.85. The summed E-state index contributed by atoms with van der Waals surface area (Å²) in [4.78, 5) is 18.8. The van der Waals surface area contributed by atoms with E-state index in [1.165, 1.54) is 19.3 Å². The number of nitrogens with zero attached hydrogens (tertiary/aromatic N) is 3. The highest BCUT2D eigenvalue weighted by Crippen LogP contribution is 2.28. The third-order valence-corrected chi connectivity index (χ3v) is 5.76. The molecule has 1 saturated carbocycles. The second kappa shape index (κ2) is 6.96. The zero-order valence-corrected chi connectivity index (χ0v) is 15.2. The Morgan fingerprint density at radius 2 is 2.20 bits per heavy atom. The molecule has 0 unspecified atom stereocenters. The summed E-state index contributed by atoms with van der Waals surface area (Å²) < 4.78 is 1.85. The summed E-state index contributed by atoms with van der Waals surface area (Å²) in [5, 5.41) is 10.5. The lowest BCUT2D eigenvalue weighted by molar-refractivity contribution is 0.0929. The number of aryl methyl sites for hydroxylation is 1. The molecule has 1 fully saturated rings. The number of aromatic nitrogens is 3. The van der Waals surface area contributed by atoms with Crippen LogP contribution in [0.2, 0.25) is 0 Å². The molecule has 4 rings (SSSR count).